The van der Waals surface area contributed by atoms with E-state index in [1.54, 1.807) is 0 Å². The van der Waals surface area contributed by atoms with Crippen LogP contribution >= 0.6 is 34.4 Å². The highest BCUT2D eigenvalue weighted by Gasteiger charge is 2.40. The Morgan fingerprint density at radius 3 is 2.67 bits per heavy atom. The van der Waals surface area contributed by atoms with Gasteiger partial charge in [0.1, 0.15) is 20.8 Å². The summed E-state index contributed by atoms with van der Waals surface area (Å²) in [4.78, 5) is 13.2. The molecule has 0 radical (unpaired) electrons. The summed E-state index contributed by atoms with van der Waals surface area (Å²) in [6, 6.07) is 0. The molecular formula is C9H6F3N3O3S3. The number of aromatic carboxylic acids is 1. The molecule has 114 valence electrons. The van der Waals surface area contributed by atoms with Gasteiger partial charge in [0, 0.05) is 6.42 Å². The monoisotopic (exact) mass is 357 g/mol. The molecule has 0 saturated heterocycles. The van der Waals surface area contributed by atoms with Crippen molar-refractivity contribution in [1.82, 2.24) is 15.2 Å². The fourth-order valence-corrected chi connectivity index (χ4v) is 4.00. The van der Waals surface area contributed by atoms with Crippen LogP contribution in [0.1, 0.15) is 20.4 Å². The standard InChI is InChI=1S/C9H6F3N3O3S3/c10-9(11,12)6-5(7(17)18)21-8(14-6)20-4(16)1-3-15-13-2-19-3/h2,4,16H,1H2,(H,17,18). The molecule has 2 aromatic rings. The van der Waals surface area contributed by atoms with Gasteiger partial charge in [-0.3, -0.25) is 0 Å². The Morgan fingerprint density at radius 2 is 2.19 bits per heavy atom. The summed E-state index contributed by atoms with van der Waals surface area (Å²) in [6.45, 7) is 0. The number of carboxylic acid groups (broad SMARTS) is 1. The van der Waals surface area contributed by atoms with E-state index < -0.39 is 28.2 Å². The van der Waals surface area contributed by atoms with Gasteiger partial charge in [0.05, 0.1) is 0 Å². The Hall–Kier alpha value is -1.24. The molecule has 6 nitrogen and oxygen atoms in total. The molecule has 0 amide bonds. The Kier molecular flexibility index (Phi) is 4.81. The Bertz CT molecular complexity index is 629. The molecule has 12 heteroatoms. The van der Waals surface area contributed by atoms with E-state index in [1.165, 1.54) is 16.8 Å². The van der Waals surface area contributed by atoms with Gasteiger partial charge in [0.2, 0.25) is 0 Å². The van der Waals surface area contributed by atoms with Crippen molar-refractivity contribution in [3.05, 3.63) is 21.1 Å². The first-order chi connectivity index (χ1) is 9.77. The predicted molar refractivity (Wildman–Crippen MR) is 69.6 cm³/mol. The number of carbonyl (C=O) groups is 1. The van der Waals surface area contributed by atoms with Crippen LogP contribution in [0.15, 0.2) is 9.85 Å². The number of carboxylic acids is 1. The number of aliphatic hydroxyl groups is 1. The molecule has 0 aliphatic heterocycles. The van der Waals surface area contributed by atoms with Gasteiger partial charge in [0.25, 0.3) is 0 Å². The number of alkyl halides is 3. The minimum absolute atomic E-state index is 0.0820. The number of halogens is 3. The number of nitrogens with zero attached hydrogens (tertiary/aromatic N) is 3. The molecule has 21 heavy (non-hydrogen) atoms. The molecule has 2 rings (SSSR count). The summed E-state index contributed by atoms with van der Waals surface area (Å²) < 4.78 is 37.8. The van der Waals surface area contributed by atoms with Crippen LogP contribution in [0, 0.1) is 0 Å². The Balaban J connectivity index is 2.15. The van der Waals surface area contributed by atoms with Crippen LogP contribution in [0.3, 0.4) is 0 Å². The largest absolute Gasteiger partial charge is 0.477 e. The molecule has 0 aliphatic carbocycles. The topological polar surface area (TPSA) is 96.2 Å². The van der Waals surface area contributed by atoms with Crippen molar-refractivity contribution in [1.29, 1.82) is 0 Å². The van der Waals surface area contributed by atoms with E-state index >= 15 is 0 Å². The van der Waals surface area contributed by atoms with Gasteiger partial charge in [-0.15, -0.1) is 21.5 Å². The predicted octanol–water partition coefficient (Wildman–Crippen LogP) is 2.36. The van der Waals surface area contributed by atoms with E-state index in [0.29, 0.717) is 28.1 Å². The summed E-state index contributed by atoms with van der Waals surface area (Å²) in [6.07, 6.45) is -4.77. The lowest BCUT2D eigenvalue weighted by Gasteiger charge is -2.05. The van der Waals surface area contributed by atoms with Gasteiger partial charge in [-0.25, -0.2) is 9.78 Å². The van der Waals surface area contributed by atoms with Gasteiger partial charge in [-0.05, 0) is 0 Å². The van der Waals surface area contributed by atoms with Gasteiger partial charge < -0.3 is 10.2 Å². The van der Waals surface area contributed by atoms with Crippen molar-refractivity contribution < 1.29 is 28.2 Å². The molecular weight excluding hydrogens is 351 g/mol. The number of rotatable bonds is 5. The van der Waals surface area contributed by atoms with Crippen molar-refractivity contribution in [2.75, 3.05) is 0 Å². The highest BCUT2D eigenvalue weighted by atomic mass is 32.2. The van der Waals surface area contributed by atoms with E-state index in [1.807, 2.05) is 0 Å². The SMILES string of the molecule is O=C(O)c1sc(SC(O)Cc2nncs2)nc1C(F)(F)F. The smallest absolute Gasteiger partial charge is 0.435 e. The first-order valence-electron chi connectivity index (χ1n) is 5.18. The number of aromatic nitrogens is 3. The minimum Gasteiger partial charge on any atom is -0.477 e. The maximum Gasteiger partial charge on any atom is 0.435 e. The van der Waals surface area contributed by atoms with Crippen LogP contribution in [-0.2, 0) is 12.6 Å². The normalized spacial score (nSPS) is 13.3. The quantitative estimate of drug-likeness (QED) is 0.626. The number of thioether (sulfide) groups is 1. The number of hydrogen-bond acceptors (Lipinski definition) is 8. The third kappa shape index (κ3) is 4.12. The van der Waals surface area contributed by atoms with Crippen molar-refractivity contribution in [3.63, 3.8) is 0 Å². The summed E-state index contributed by atoms with van der Waals surface area (Å²) in [5.41, 5.74) is -1.09. The third-order valence-electron chi connectivity index (χ3n) is 2.06. The lowest BCUT2D eigenvalue weighted by atomic mass is 10.3. The zero-order valence-corrected chi connectivity index (χ0v) is 12.3. The Morgan fingerprint density at radius 1 is 1.48 bits per heavy atom. The zero-order chi connectivity index (χ0) is 15.6. The average Bonchev–Trinajstić information content (AvgIpc) is 2.96. The first kappa shape index (κ1) is 16.1. The van der Waals surface area contributed by atoms with E-state index in [2.05, 4.69) is 15.2 Å². The van der Waals surface area contributed by atoms with Gasteiger partial charge in [0.15, 0.2) is 10.0 Å². The van der Waals surface area contributed by atoms with E-state index in [4.69, 9.17) is 5.11 Å². The van der Waals surface area contributed by atoms with Crippen molar-refractivity contribution in [2.24, 2.45) is 0 Å². The average molecular weight is 357 g/mol. The van der Waals surface area contributed by atoms with E-state index in [-0.39, 0.29) is 10.8 Å². The molecule has 0 saturated carbocycles. The fraction of sp³-hybridized carbons (Fsp3) is 0.333. The Labute approximate surface area is 127 Å². The maximum absolute atomic E-state index is 12.7. The second-order valence-electron chi connectivity index (χ2n) is 3.57. The first-order valence-corrected chi connectivity index (χ1v) is 7.76. The van der Waals surface area contributed by atoms with E-state index in [0.717, 1.165) is 0 Å². The number of hydrogen-bond donors (Lipinski definition) is 2. The molecule has 0 bridgehead atoms. The van der Waals surface area contributed by atoms with Gasteiger partial charge in [-0.1, -0.05) is 23.1 Å². The van der Waals surface area contributed by atoms with Crippen molar-refractivity contribution in [3.8, 4) is 0 Å². The van der Waals surface area contributed by atoms with E-state index in [9.17, 15) is 23.1 Å². The van der Waals surface area contributed by atoms with Gasteiger partial charge >= 0.3 is 12.1 Å². The van der Waals surface area contributed by atoms with Crippen LogP contribution in [-0.4, -0.2) is 36.8 Å². The minimum atomic E-state index is -4.85. The van der Waals surface area contributed by atoms with Crippen LogP contribution in [0.5, 0.6) is 0 Å². The summed E-state index contributed by atoms with van der Waals surface area (Å²) in [5, 5.41) is 26.3. The lowest BCUT2D eigenvalue weighted by molar-refractivity contribution is -0.141. The highest BCUT2D eigenvalue weighted by molar-refractivity contribution is 8.01. The fourth-order valence-electron chi connectivity index (χ4n) is 1.28. The molecule has 0 aliphatic rings. The summed E-state index contributed by atoms with van der Waals surface area (Å²) >= 11 is 2.22. The molecule has 1 atom stereocenters. The molecule has 1 unspecified atom stereocenters. The van der Waals surface area contributed by atoms with Crippen molar-refractivity contribution >= 4 is 40.4 Å². The molecule has 2 heterocycles. The zero-order valence-electron chi connectivity index (χ0n) is 9.86. The summed E-state index contributed by atoms with van der Waals surface area (Å²) in [5.74, 6) is -1.70. The molecule has 0 spiro atoms. The molecule has 0 aromatic carbocycles. The highest BCUT2D eigenvalue weighted by Crippen LogP contribution is 2.38. The number of thiazole rings is 1. The van der Waals surface area contributed by atoms with Crippen LogP contribution < -0.4 is 0 Å². The number of aliphatic hydroxyl groups excluding tert-OH is 1. The van der Waals surface area contributed by atoms with Crippen LogP contribution in [0.4, 0.5) is 13.2 Å². The van der Waals surface area contributed by atoms with Gasteiger partial charge in [-0.2, -0.15) is 13.2 Å². The molecule has 0 fully saturated rings. The van der Waals surface area contributed by atoms with Crippen LogP contribution in [0.2, 0.25) is 0 Å². The maximum atomic E-state index is 12.7. The molecule has 2 aromatic heterocycles. The summed E-state index contributed by atoms with van der Waals surface area (Å²) in [7, 11) is 0. The third-order valence-corrected chi connectivity index (χ3v) is 4.89. The second kappa shape index (κ2) is 6.25. The molecule has 2 N–H and O–H groups in total. The second-order valence-corrected chi connectivity index (χ2v) is 6.91. The van der Waals surface area contributed by atoms with Crippen molar-refractivity contribution in [2.45, 2.75) is 22.4 Å². The lowest BCUT2D eigenvalue weighted by Crippen LogP contribution is -2.11. The van der Waals surface area contributed by atoms with Crippen LogP contribution in [0.25, 0.3) is 0 Å².